The summed E-state index contributed by atoms with van der Waals surface area (Å²) in [6.07, 6.45) is 2.17. The maximum atomic E-state index is 12.3. The number of carbonyl (C=O) groups is 1. The molecule has 0 aromatic heterocycles. The first-order valence-corrected chi connectivity index (χ1v) is 6.30. The van der Waals surface area contributed by atoms with Crippen molar-refractivity contribution in [2.75, 3.05) is 25.5 Å². The fourth-order valence-corrected chi connectivity index (χ4v) is 1.81. The van der Waals surface area contributed by atoms with Crippen LogP contribution in [0.5, 0.6) is 0 Å². The molecule has 94 valence electrons. The van der Waals surface area contributed by atoms with Gasteiger partial charge in [0.15, 0.2) is 0 Å². The van der Waals surface area contributed by atoms with Gasteiger partial charge >= 0.3 is 0 Å². The predicted octanol–water partition coefficient (Wildman–Crippen LogP) is 2.99. The molecular formula is C14H22N2O. The summed E-state index contributed by atoms with van der Waals surface area (Å²) in [5.74, 6) is 0.117. The van der Waals surface area contributed by atoms with Gasteiger partial charge in [-0.1, -0.05) is 25.5 Å². The topological polar surface area (TPSA) is 32.3 Å². The summed E-state index contributed by atoms with van der Waals surface area (Å²) in [7, 11) is 1.84. The third-order valence-corrected chi connectivity index (χ3v) is 2.88. The molecule has 1 amide bonds. The largest absolute Gasteiger partial charge is 0.387 e. The van der Waals surface area contributed by atoms with Gasteiger partial charge in [-0.3, -0.25) is 4.79 Å². The van der Waals surface area contributed by atoms with Crippen molar-refractivity contribution in [3.05, 3.63) is 29.8 Å². The zero-order chi connectivity index (χ0) is 12.7. The van der Waals surface area contributed by atoms with Gasteiger partial charge in [-0.25, -0.2) is 0 Å². The Hall–Kier alpha value is -1.51. The van der Waals surface area contributed by atoms with Crippen LogP contribution in [0.3, 0.4) is 0 Å². The quantitative estimate of drug-likeness (QED) is 0.820. The summed E-state index contributed by atoms with van der Waals surface area (Å²) < 4.78 is 0. The van der Waals surface area contributed by atoms with Gasteiger partial charge in [0, 0.05) is 25.8 Å². The second kappa shape index (κ2) is 6.94. The molecule has 0 aliphatic rings. The summed E-state index contributed by atoms with van der Waals surface area (Å²) in [5, 5.41) is 3.06. The fourth-order valence-electron chi connectivity index (χ4n) is 1.81. The van der Waals surface area contributed by atoms with Crippen LogP contribution in [-0.2, 0) is 0 Å². The van der Waals surface area contributed by atoms with Crippen molar-refractivity contribution in [2.24, 2.45) is 0 Å². The lowest BCUT2D eigenvalue weighted by Gasteiger charge is -2.22. The van der Waals surface area contributed by atoms with Crippen LogP contribution in [0, 0.1) is 0 Å². The van der Waals surface area contributed by atoms with Crippen molar-refractivity contribution < 1.29 is 4.79 Å². The van der Waals surface area contributed by atoms with Crippen LogP contribution in [0.4, 0.5) is 5.69 Å². The smallest absolute Gasteiger partial charge is 0.255 e. The molecule has 0 heterocycles. The second-order valence-corrected chi connectivity index (χ2v) is 4.03. The second-order valence-electron chi connectivity index (χ2n) is 4.03. The van der Waals surface area contributed by atoms with Gasteiger partial charge < -0.3 is 10.2 Å². The van der Waals surface area contributed by atoms with E-state index in [1.807, 2.05) is 43.1 Å². The Balaban J connectivity index is 2.85. The highest BCUT2D eigenvalue weighted by atomic mass is 16.2. The van der Waals surface area contributed by atoms with E-state index in [0.717, 1.165) is 37.2 Å². The van der Waals surface area contributed by atoms with E-state index in [1.54, 1.807) is 0 Å². The lowest BCUT2D eigenvalue weighted by Crippen LogP contribution is -2.32. The third kappa shape index (κ3) is 3.48. The minimum absolute atomic E-state index is 0.117. The molecule has 0 spiro atoms. The van der Waals surface area contributed by atoms with Crippen LogP contribution in [0.25, 0.3) is 0 Å². The highest BCUT2D eigenvalue weighted by Gasteiger charge is 2.16. The number of benzene rings is 1. The van der Waals surface area contributed by atoms with Crippen molar-refractivity contribution in [1.82, 2.24) is 4.90 Å². The minimum Gasteiger partial charge on any atom is -0.387 e. The van der Waals surface area contributed by atoms with Gasteiger partial charge in [0.2, 0.25) is 0 Å². The van der Waals surface area contributed by atoms with Crippen molar-refractivity contribution in [3.8, 4) is 0 Å². The van der Waals surface area contributed by atoms with E-state index in [-0.39, 0.29) is 5.91 Å². The molecule has 3 nitrogen and oxygen atoms in total. The maximum absolute atomic E-state index is 12.3. The summed E-state index contributed by atoms with van der Waals surface area (Å²) in [6.45, 7) is 5.76. The third-order valence-electron chi connectivity index (χ3n) is 2.88. The molecule has 0 radical (unpaired) electrons. The van der Waals surface area contributed by atoms with E-state index >= 15 is 0 Å². The highest BCUT2D eigenvalue weighted by Crippen LogP contribution is 2.16. The standard InChI is InChI=1S/C14H22N2O/c1-4-6-11-16(5-2)14(17)12-9-7-8-10-13(12)15-3/h7-10,15H,4-6,11H2,1-3H3. The molecule has 0 saturated carbocycles. The predicted molar refractivity (Wildman–Crippen MR) is 72.5 cm³/mol. The molecule has 1 aromatic rings. The zero-order valence-electron chi connectivity index (χ0n) is 11.0. The van der Waals surface area contributed by atoms with Crippen molar-refractivity contribution >= 4 is 11.6 Å². The summed E-state index contributed by atoms with van der Waals surface area (Å²) in [5.41, 5.74) is 1.65. The molecule has 0 saturated heterocycles. The summed E-state index contributed by atoms with van der Waals surface area (Å²) in [6, 6.07) is 7.65. The number of amides is 1. The van der Waals surface area contributed by atoms with Gasteiger partial charge in [-0.15, -0.1) is 0 Å². The lowest BCUT2D eigenvalue weighted by molar-refractivity contribution is 0.0763. The Kier molecular flexibility index (Phi) is 5.53. The van der Waals surface area contributed by atoms with Crippen molar-refractivity contribution in [2.45, 2.75) is 26.7 Å². The van der Waals surface area contributed by atoms with Crippen molar-refractivity contribution in [3.63, 3.8) is 0 Å². The SMILES string of the molecule is CCCCN(CC)C(=O)c1ccccc1NC. The molecule has 0 aliphatic carbocycles. The van der Waals surface area contributed by atoms with E-state index in [0.29, 0.717) is 0 Å². The molecule has 0 unspecified atom stereocenters. The van der Waals surface area contributed by atoms with E-state index in [2.05, 4.69) is 12.2 Å². The average Bonchev–Trinajstić information content (AvgIpc) is 2.39. The number of hydrogen-bond donors (Lipinski definition) is 1. The number of para-hydroxylation sites is 1. The molecule has 3 heteroatoms. The Morgan fingerprint density at radius 2 is 2.00 bits per heavy atom. The van der Waals surface area contributed by atoms with Crippen LogP contribution < -0.4 is 5.32 Å². The molecule has 1 rings (SSSR count). The monoisotopic (exact) mass is 234 g/mol. The molecule has 0 fully saturated rings. The average molecular weight is 234 g/mol. The number of rotatable bonds is 6. The highest BCUT2D eigenvalue weighted by molar-refractivity contribution is 5.99. The zero-order valence-corrected chi connectivity index (χ0v) is 11.0. The van der Waals surface area contributed by atoms with E-state index in [9.17, 15) is 4.79 Å². The van der Waals surface area contributed by atoms with Gasteiger partial charge in [-0.2, -0.15) is 0 Å². The lowest BCUT2D eigenvalue weighted by atomic mass is 10.1. The van der Waals surface area contributed by atoms with Gasteiger partial charge in [0.1, 0.15) is 0 Å². The maximum Gasteiger partial charge on any atom is 0.255 e. The molecular weight excluding hydrogens is 212 g/mol. The normalized spacial score (nSPS) is 10.1. The van der Waals surface area contributed by atoms with Gasteiger partial charge in [0.05, 0.1) is 5.56 Å². The first kappa shape index (κ1) is 13.6. The van der Waals surface area contributed by atoms with Crippen LogP contribution in [0.2, 0.25) is 0 Å². The first-order valence-electron chi connectivity index (χ1n) is 6.30. The first-order chi connectivity index (χ1) is 8.24. The Bertz CT molecular complexity index is 363. The molecule has 0 atom stereocenters. The molecule has 0 bridgehead atoms. The molecule has 1 aromatic carbocycles. The van der Waals surface area contributed by atoms with Gasteiger partial charge in [-0.05, 0) is 25.5 Å². The number of nitrogens with one attached hydrogen (secondary N) is 1. The van der Waals surface area contributed by atoms with Gasteiger partial charge in [0.25, 0.3) is 5.91 Å². The van der Waals surface area contributed by atoms with E-state index in [4.69, 9.17) is 0 Å². The molecule has 17 heavy (non-hydrogen) atoms. The van der Waals surface area contributed by atoms with Crippen LogP contribution in [0.1, 0.15) is 37.0 Å². The van der Waals surface area contributed by atoms with Crippen LogP contribution in [0.15, 0.2) is 24.3 Å². The number of unbranched alkanes of at least 4 members (excludes halogenated alkanes) is 1. The van der Waals surface area contributed by atoms with Crippen molar-refractivity contribution in [1.29, 1.82) is 0 Å². The van der Waals surface area contributed by atoms with Crippen LogP contribution in [-0.4, -0.2) is 30.9 Å². The molecule has 0 aliphatic heterocycles. The van der Waals surface area contributed by atoms with E-state index in [1.165, 1.54) is 0 Å². The van der Waals surface area contributed by atoms with Crippen LogP contribution >= 0.6 is 0 Å². The van der Waals surface area contributed by atoms with E-state index < -0.39 is 0 Å². The number of anilines is 1. The number of nitrogens with zero attached hydrogens (tertiary/aromatic N) is 1. The summed E-state index contributed by atoms with van der Waals surface area (Å²) in [4.78, 5) is 14.2. The number of hydrogen-bond acceptors (Lipinski definition) is 2. The number of carbonyl (C=O) groups excluding carboxylic acids is 1. The fraction of sp³-hybridized carbons (Fsp3) is 0.500. The Labute approximate surface area is 104 Å². The molecule has 1 N–H and O–H groups in total. The minimum atomic E-state index is 0.117. The summed E-state index contributed by atoms with van der Waals surface area (Å²) >= 11 is 0. The Morgan fingerprint density at radius 1 is 1.29 bits per heavy atom. The Morgan fingerprint density at radius 3 is 2.59 bits per heavy atom.